The largest absolute Gasteiger partial charge is 0.299 e. The maximum Gasteiger partial charge on any atom is 0.139 e. The molecular weight excluding hydrogens is 172 g/mol. The van der Waals surface area contributed by atoms with Crippen molar-refractivity contribution in [1.82, 2.24) is 0 Å². The lowest BCUT2D eigenvalue weighted by atomic mass is 9.82. The van der Waals surface area contributed by atoms with Crippen molar-refractivity contribution >= 4 is 5.78 Å². The van der Waals surface area contributed by atoms with Crippen LogP contribution in [0.3, 0.4) is 0 Å². The molecule has 1 nitrogen and oxygen atoms in total. The number of hydrogen-bond acceptors (Lipinski definition) is 1. The number of rotatable bonds is 5. The van der Waals surface area contributed by atoms with Crippen LogP contribution in [0.25, 0.3) is 0 Å². The monoisotopic (exact) mass is 192 g/mol. The summed E-state index contributed by atoms with van der Waals surface area (Å²) in [5, 5.41) is 0. The molecule has 0 saturated carbocycles. The van der Waals surface area contributed by atoms with Crippen molar-refractivity contribution < 1.29 is 4.79 Å². The highest BCUT2D eigenvalue weighted by atomic mass is 16.1. The first-order valence-corrected chi connectivity index (χ1v) is 4.87. The predicted octanol–water partition coefficient (Wildman–Crippen LogP) is 3.68. The molecule has 0 aromatic carbocycles. The fraction of sp³-hybridized carbons (Fsp3) is 0.462. The second-order valence-electron chi connectivity index (χ2n) is 4.05. The average molecular weight is 192 g/mol. The van der Waals surface area contributed by atoms with Gasteiger partial charge in [0.15, 0.2) is 0 Å². The molecule has 0 aromatic rings. The molecule has 1 heteroatoms. The van der Waals surface area contributed by atoms with Crippen LogP contribution in [-0.4, -0.2) is 5.78 Å². The topological polar surface area (TPSA) is 17.1 Å². The Morgan fingerprint density at radius 3 is 2.29 bits per heavy atom. The van der Waals surface area contributed by atoms with Gasteiger partial charge in [-0.1, -0.05) is 36.5 Å². The second-order valence-corrected chi connectivity index (χ2v) is 4.05. The Morgan fingerprint density at radius 2 is 1.93 bits per heavy atom. The van der Waals surface area contributed by atoms with Crippen LogP contribution >= 0.6 is 0 Å². The van der Waals surface area contributed by atoms with Crippen molar-refractivity contribution in [2.24, 2.45) is 5.41 Å². The highest BCUT2D eigenvalue weighted by molar-refractivity contribution is 5.84. The lowest BCUT2D eigenvalue weighted by Crippen LogP contribution is -2.22. The van der Waals surface area contributed by atoms with Gasteiger partial charge in [-0.2, -0.15) is 0 Å². The summed E-state index contributed by atoms with van der Waals surface area (Å²) in [6.07, 6.45) is 8.30. The van der Waals surface area contributed by atoms with Crippen molar-refractivity contribution in [1.29, 1.82) is 0 Å². The van der Waals surface area contributed by atoms with Crippen molar-refractivity contribution in [2.75, 3.05) is 0 Å². The molecule has 0 saturated heterocycles. The van der Waals surface area contributed by atoms with E-state index in [0.29, 0.717) is 0 Å². The zero-order valence-electron chi connectivity index (χ0n) is 9.63. The molecule has 14 heavy (non-hydrogen) atoms. The third kappa shape index (κ3) is 4.22. The molecule has 1 unspecified atom stereocenters. The van der Waals surface area contributed by atoms with Gasteiger partial charge in [-0.05, 0) is 34.1 Å². The van der Waals surface area contributed by atoms with E-state index in [9.17, 15) is 4.79 Å². The smallest absolute Gasteiger partial charge is 0.139 e. The summed E-state index contributed by atoms with van der Waals surface area (Å²) < 4.78 is 0. The van der Waals surface area contributed by atoms with E-state index >= 15 is 0 Å². The van der Waals surface area contributed by atoms with Crippen LogP contribution in [-0.2, 0) is 4.79 Å². The minimum absolute atomic E-state index is 0.188. The maximum atomic E-state index is 11.5. The Hall–Kier alpha value is -1.11. The zero-order valence-corrected chi connectivity index (χ0v) is 9.63. The van der Waals surface area contributed by atoms with E-state index < -0.39 is 0 Å². The molecule has 0 aromatic heterocycles. The highest BCUT2D eigenvalue weighted by Crippen LogP contribution is 2.25. The number of allylic oxidation sites excluding steroid dienone is 5. The van der Waals surface area contributed by atoms with E-state index in [4.69, 9.17) is 0 Å². The minimum Gasteiger partial charge on any atom is -0.299 e. The van der Waals surface area contributed by atoms with E-state index in [1.165, 1.54) is 5.57 Å². The van der Waals surface area contributed by atoms with Crippen molar-refractivity contribution in [3.05, 3.63) is 36.5 Å². The molecule has 0 aliphatic carbocycles. The maximum absolute atomic E-state index is 11.5. The lowest BCUT2D eigenvalue weighted by molar-refractivity contribution is -0.123. The molecule has 0 heterocycles. The van der Waals surface area contributed by atoms with Crippen LogP contribution in [0.4, 0.5) is 0 Å². The number of hydrogen-bond donors (Lipinski definition) is 0. The van der Waals surface area contributed by atoms with Gasteiger partial charge >= 0.3 is 0 Å². The van der Waals surface area contributed by atoms with Gasteiger partial charge in [0, 0.05) is 5.41 Å². The van der Waals surface area contributed by atoms with Crippen LogP contribution in [0.1, 0.15) is 34.1 Å². The summed E-state index contributed by atoms with van der Waals surface area (Å²) in [5.74, 6) is 0.188. The minimum atomic E-state index is -0.383. The number of carbonyl (C=O) groups is 1. The molecule has 0 radical (unpaired) electrons. The predicted molar refractivity (Wildman–Crippen MR) is 62.2 cm³/mol. The zero-order chi connectivity index (χ0) is 11.2. The average Bonchev–Trinajstić information content (AvgIpc) is 2.11. The first-order chi connectivity index (χ1) is 6.42. The number of Topliss-reactive ketones (excluding diaryl/α,β-unsaturated/α-hetero) is 1. The molecular formula is C13H20O. The Bertz CT molecular complexity index is 267. The normalized spacial score (nSPS) is 14.9. The Labute approximate surface area is 87.2 Å². The van der Waals surface area contributed by atoms with Crippen molar-refractivity contribution in [3.8, 4) is 0 Å². The molecule has 1 atom stereocenters. The van der Waals surface area contributed by atoms with Crippen LogP contribution in [0.15, 0.2) is 36.5 Å². The Balaban J connectivity index is 4.72. The van der Waals surface area contributed by atoms with Gasteiger partial charge in [0.2, 0.25) is 0 Å². The molecule has 0 fully saturated rings. The van der Waals surface area contributed by atoms with Crippen molar-refractivity contribution in [2.45, 2.75) is 34.1 Å². The van der Waals surface area contributed by atoms with Crippen LogP contribution in [0, 0.1) is 5.41 Å². The van der Waals surface area contributed by atoms with E-state index in [0.717, 1.165) is 6.42 Å². The number of ketones is 1. The van der Waals surface area contributed by atoms with Crippen molar-refractivity contribution in [3.63, 3.8) is 0 Å². The standard InChI is InChI=1S/C13H20O/c1-6-7-9-13(5,12(4)14)10-8-11(2)3/h6-9H,1,10H2,2-5H3/b9-7+. The van der Waals surface area contributed by atoms with Gasteiger partial charge in [0.1, 0.15) is 5.78 Å². The third-order valence-electron chi connectivity index (χ3n) is 2.34. The molecule has 0 bridgehead atoms. The number of carbonyl (C=O) groups excluding carboxylic acids is 1. The third-order valence-corrected chi connectivity index (χ3v) is 2.34. The molecule has 78 valence electrons. The summed E-state index contributed by atoms with van der Waals surface area (Å²) in [7, 11) is 0. The quantitative estimate of drug-likeness (QED) is 0.479. The van der Waals surface area contributed by atoms with Gasteiger partial charge in [-0.3, -0.25) is 4.79 Å². The van der Waals surface area contributed by atoms with Gasteiger partial charge in [0.05, 0.1) is 0 Å². The summed E-state index contributed by atoms with van der Waals surface area (Å²) in [5.41, 5.74) is 0.857. The van der Waals surface area contributed by atoms with Gasteiger partial charge in [-0.25, -0.2) is 0 Å². The summed E-state index contributed by atoms with van der Waals surface area (Å²) in [6, 6.07) is 0. The highest BCUT2D eigenvalue weighted by Gasteiger charge is 2.24. The van der Waals surface area contributed by atoms with Crippen LogP contribution < -0.4 is 0 Å². The van der Waals surface area contributed by atoms with E-state index in [2.05, 4.69) is 12.7 Å². The second kappa shape index (κ2) is 5.58. The van der Waals surface area contributed by atoms with Gasteiger partial charge < -0.3 is 0 Å². The molecule has 0 rings (SSSR count). The molecule has 0 aliphatic heterocycles. The van der Waals surface area contributed by atoms with E-state index in [1.807, 2.05) is 32.9 Å². The fourth-order valence-corrected chi connectivity index (χ4v) is 1.03. The Morgan fingerprint density at radius 1 is 1.36 bits per heavy atom. The molecule has 0 N–H and O–H groups in total. The van der Waals surface area contributed by atoms with Crippen LogP contribution in [0.2, 0.25) is 0 Å². The van der Waals surface area contributed by atoms with Gasteiger partial charge in [0.25, 0.3) is 0 Å². The summed E-state index contributed by atoms with van der Waals surface area (Å²) in [6.45, 7) is 11.3. The summed E-state index contributed by atoms with van der Waals surface area (Å²) in [4.78, 5) is 11.5. The molecule has 0 amide bonds. The van der Waals surface area contributed by atoms with Gasteiger partial charge in [-0.15, -0.1) is 0 Å². The lowest BCUT2D eigenvalue weighted by Gasteiger charge is -2.20. The fourth-order valence-electron chi connectivity index (χ4n) is 1.03. The van der Waals surface area contributed by atoms with E-state index in [-0.39, 0.29) is 11.2 Å². The first-order valence-electron chi connectivity index (χ1n) is 4.87. The molecule has 0 spiro atoms. The first kappa shape index (κ1) is 12.9. The SMILES string of the molecule is C=C/C=C/C(C)(CC=C(C)C)C(C)=O. The summed E-state index contributed by atoms with van der Waals surface area (Å²) >= 11 is 0. The van der Waals surface area contributed by atoms with E-state index in [1.54, 1.807) is 13.0 Å². The van der Waals surface area contributed by atoms with Crippen LogP contribution in [0.5, 0.6) is 0 Å². The molecule has 0 aliphatic rings. The Kier molecular flexibility index (Phi) is 5.14.